The summed E-state index contributed by atoms with van der Waals surface area (Å²) in [4.78, 5) is 9.43. The molecule has 0 spiro atoms. The summed E-state index contributed by atoms with van der Waals surface area (Å²) in [6, 6.07) is 0. The molecule has 2 aliphatic rings. The first-order valence-electron chi connectivity index (χ1n) is 6.48. The summed E-state index contributed by atoms with van der Waals surface area (Å²) in [5, 5.41) is 3.36. The number of imidazole rings is 1. The van der Waals surface area contributed by atoms with Crippen molar-refractivity contribution in [2.75, 3.05) is 39.8 Å². The summed E-state index contributed by atoms with van der Waals surface area (Å²) in [7, 11) is 2.20. The molecule has 6 heteroatoms. The molecule has 1 aromatic heterocycles. The highest BCUT2D eigenvalue weighted by Crippen LogP contribution is 2.12. The molecule has 1 N–H and O–H groups in total. The molecule has 18 heavy (non-hydrogen) atoms. The molecule has 0 saturated carbocycles. The number of rotatable bonds is 2. The van der Waals surface area contributed by atoms with Gasteiger partial charge in [0.1, 0.15) is 5.82 Å². The Labute approximate surface area is 115 Å². The number of nitrogens with one attached hydrogen (secondary N) is 1. The van der Waals surface area contributed by atoms with Crippen molar-refractivity contribution in [3.63, 3.8) is 0 Å². The zero-order chi connectivity index (χ0) is 11.7. The van der Waals surface area contributed by atoms with Crippen molar-refractivity contribution in [1.29, 1.82) is 0 Å². The van der Waals surface area contributed by atoms with Gasteiger partial charge in [-0.25, -0.2) is 4.98 Å². The van der Waals surface area contributed by atoms with E-state index in [4.69, 9.17) is 0 Å². The average Bonchev–Trinajstić information content (AvgIpc) is 2.76. The minimum atomic E-state index is 0. The lowest BCUT2D eigenvalue weighted by Gasteiger charge is -2.32. The van der Waals surface area contributed by atoms with Gasteiger partial charge in [-0.3, -0.25) is 4.90 Å². The lowest BCUT2D eigenvalue weighted by Crippen LogP contribution is -2.44. The molecule has 0 atom stereocenters. The van der Waals surface area contributed by atoms with Gasteiger partial charge in [-0.2, -0.15) is 0 Å². The number of hydrogen-bond donors (Lipinski definition) is 1. The predicted molar refractivity (Wildman–Crippen MR) is 74.0 cm³/mol. The van der Waals surface area contributed by atoms with Gasteiger partial charge in [-0.05, 0) is 7.05 Å². The third kappa shape index (κ3) is 2.85. The van der Waals surface area contributed by atoms with Gasteiger partial charge in [-0.15, -0.1) is 12.4 Å². The number of likely N-dealkylation sites (N-methyl/N-ethyl adjacent to an activating group) is 1. The Hall–Kier alpha value is -0.620. The van der Waals surface area contributed by atoms with Crippen molar-refractivity contribution >= 4 is 12.4 Å². The quantitative estimate of drug-likeness (QED) is 0.831. The summed E-state index contributed by atoms with van der Waals surface area (Å²) in [6.45, 7) is 8.83. The van der Waals surface area contributed by atoms with Crippen molar-refractivity contribution in [3.8, 4) is 0 Å². The Morgan fingerprint density at radius 2 is 2.00 bits per heavy atom. The fourth-order valence-corrected chi connectivity index (χ4v) is 2.62. The smallest absolute Gasteiger partial charge is 0.122 e. The van der Waals surface area contributed by atoms with Gasteiger partial charge >= 0.3 is 0 Å². The molecule has 0 unspecified atom stereocenters. The largest absolute Gasteiger partial charge is 0.328 e. The maximum Gasteiger partial charge on any atom is 0.122 e. The van der Waals surface area contributed by atoms with E-state index in [1.165, 1.54) is 37.7 Å². The van der Waals surface area contributed by atoms with Crippen molar-refractivity contribution in [2.45, 2.75) is 19.6 Å². The molecule has 1 aromatic rings. The van der Waals surface area contributed by atoms with Crippen LogP contribution in [-0.2, 0) is 19.6 Å². The molecule has 0 aromatic carbocycles. The van der Waals surface area contributed by atoms with Crippen LogP contribution in [0.1, 0.15) is 11.5 Å². The van der Waals surface area contributed by atoms with Crippen LogP contribution in [0.5, 0.6) is 0 Å². The summed E-state index contributed by atoms with van der Waals surface area (Å²) in [5.74, 6) is 1.19. The second kappa shape index (κ2) is 6.02. The predicted octanol–water partition coefficient (Wildman–Crippen LogP) is 0.156. The maximum absolute atomic E-state index is 4.50. The highest BCUT2D eigenvalue weighted by Gasteiger charge is 2.18. The van der Waals surface area contributed by atoms with Gasteiger partial charge in [0, 0.05) is 52.0 Å². The first kappa shape index (κ1) is 13.8. The fraction of sp³-hybridized carbons (Fsp3) is 0.750. The van der Waals surface area contributed by atoms with Crippen molar-refractivity contribution in [2.24, 2.45) is 0 Å². The van der Waals surface area contributed by atoms with Gasteiger partial charge in [0.2, 0.25) is 0 Å². The van der Waals surface area contributed by atoms with E-state index in [0.717, 1.165) is 26.2 Å². The van der Waals surface area contributed by atoms with Crippen LogP contribution in [0.25, 0.3) is 0 Å². The molecule has 0 radical (unpaired) electrons. The van der Waals surface area contributed by atoms with Crippen LogP contribution in [0.4, 0.5) is 0 Å². The van der Waals surface area contributed by atoms with Crippen molar-refractivity contribution < 1.29 is 0 Å². The van der Waals surface area contributed by atoms with E-state index in [9.17, 15) is 0 Å². The minimum absolute atomic E-state index is 0. The summed E-state index contributed by atoms with van der Waals surface area (Å²) >= 11 is 0. The number of hydrogen-bond acceptors (Lipinski definition) is 4. The summed E-state index contributed by atoms with van der Waals surface area (Å²) < 4.78 is 2.38. The van der Waals surface area contributed by atoms with Gasteiger partial charge in [0.05, 0.1) is 12.2 Å². The monoisotopic (exact) mass is 271 g/mol. The van der Waals surface area contributed by atoms with Crippen LogP contribution in [0, 0.1) is 0 Å². The Morgan fingerprint density at radius 1 is 1.22 bits per heavy atom. The minimum Gasteiger partial charge on any atom is -0.328 e. The SMILES string of the molecule is CN1CCN(Cc2cnc3n2CCNC3)CC1.Cl. The zero-order valence-electron chi connectivity index (χ0n) is 10.9. The summed E-state index contributed by atoms with van der Waals surface area (Å²) in [6.07, 6.45) is 2.06. The van der Waals surface area contributed by atoms with Gasteiger partial charge in [0.25, 0.3) is 0 Å². The molecule has 0 bridgehead atoms. The topological polar surface area (TPSA) is 36.3 Å². The number of halogens is 1. The molecule has 102 valence electrons. The lowest BCUT2D eigenvalue weighted by molar-refractivity contribution is 0.145. The molecule has 2 aliphatic heterocycles. The van der Waals surface area contributed by atoms with Crippen LogP contribution >= 0.6 is 12.4 Å². The number of nitrogens with zero attached hydrogens (tertiary/aromatic N) is 4. The van der Waals surface area contributed by atoms with E-state index >= 15 is 0 Å². The first-order chi connectivity index (χ1) is 8.33. The number of fused-ring (bicyclic) bond motifs is 1. The van der Waals surface area contributed by atoms with E-state index in [0.29, 0.717) is 0 Å². The van der Waals surface area contributed by atoms with Crippen LogP contribution < -0.4 is 5.32 Å². The van der Waals surface area contributed by atoms with Gasteiger partial charge in [-0.1, -0.05) is 0 Å². The average molecular weight is 272 g/mol. The number of aromatic nitrogens is 2. The highest BCUT2D eigenvalue weighted by atomic mass is 35.5. The van der Waals surface area contributed by atoms with E-state index in [1.807, 2.05) is 0 Å². The van der Waals surface area contributed by atoms with Crippen LogP contribution in [0.15, 0.2) is 6.20 Å². The molecule has 0 aliphatic carbocycles. The molecular weight excluding hydrogens is 250 g/mol. The van der Waals surface area contributed by atoms with E-state index in [1.54, 1.807) is 0 Å². The third-order valence-corrected chi connectivity index (χ3v) is 3.80. The maximum atomic E-state index is 4.50. The molecule has 0 amide bonds. The van der Waals surface area contributed by atoms with Crippen molar-refractivity contribution in [1.82, 2.24) is 24.7 Å². The van der Waals surface area contributed by atoms with E-state index in [2.05, 4.69) is 37.9 Å². The molecule has 5 nitrogen and oxygen atoms in total. The van der Waals surface area contributed by atoms with Gasteiger partial charge in [0.15, 0.2) is 0 Å². The normalized spacial score (nSPS) is 21.4. The standard InChI is InChI=1S/C12H21N5.ClH/c1-15-4-6-16(7-5-15)10-11-8-14-12-9-13-2-3-17(11)12;/h8,13H,2-7,9-10H2,1H3;1H. The Bertz CT molecular complexity index is 384. The third-order valence-electron chi connectivity index (χ3n) is 3.80. The Balaban J connectivity index is 0.00000120. The van der Waals surface area contributed by atoms with E-state index < -0.39 is 0 Å². The second-order valence-electron chi connectivity index (χ2n) is 5.07. The van der Waals surface area contributed by atoms with E-state index in [-0.39, 0.29) is 12.4 Å². The van der Waals surface area contributed by atoms with Crippen molar-refractivity contribution in [3.05, 3.63) is 17.7 Å². The fourth-order valence-electron chi connectivity index (χ4n) is 2.62. The molecule has 1 saturated heterocycles. The van der Waals surface area contributed by atoms with Crippen LogP contribution in [0.3, 0.4) is 0 Å². The Kier molecular flexibility index (Phi) is 4.61. The van der Waals surface area contributed by atoms with Gasteiger partial charge < -0.3 is 14.8 Å². The summed E-state index contributed by atoms with van der Waals surface area (Å²) in [5.41, 5.74) is 1.38. The van der Waals surface area contributed by atoms with Crippen LogP contribution in [-0.4, -0.2) is 59.1 Å². The highest BCUT2D eigenvalue weighted by molar-refractivity contribution is 5.85. The molecule has 1 fully saturated rings. The molecule has 3 heterocycles. The first-order valence-corrected chi connectivity index (χ1v) is 6.48. The lowest BCUT2D eigenvalue weighted by atomic mass is 10.3. The molecular formula is C12H22ClN5. The second-order valence-corrected chi connectivity index (χ2v) is 5.07. The Morgan fingerprint density at radius 3 is 2.78 bits per heavy atom. The zero-order valence-corrected chi connectivity index (χ0v) is 11.7. The number of piperazine rings is 1. The van der Waals surface area contributed by atoms with Crippen LogP contribution in [0.2, 0.25) is 0 Å². The molecule has 3 rings (SSSR count).